The van der Waals surface area contributed by atoms with Crippen LogP contribution in [0.25, 0.3) is 0 Å². The Kier molecular flexibility index (Phi) is 5.85. The number of carbonyl (C=O) groups excluding carboxylic acids is 3. The van der Waals surface area contributed by atoms with Crippen LogP contribution in [0.5, 0.6) is 0 Å². The van der Waals surface area contributed by atoms with Crippen LogP contribution in [0.15, 0.2) is 59.3 Å². The van der Waals surface area contributed by atoms with Crippen LogP contribution in [0.4, 0.5) is 11.4 Å². The van der Waals surface area contributed by atoms with Crippen LogP contribution >= 0.6 is 0 Å². The van der Waals surface area contributed by atoms with Gasteiger partial charge >= 0.3 is 5.97 Å². The van der Waals surface area contributed by atoms with Gasteiger partial charge in [-0.15, -0.1) is 0 Å². The van der Waals surface area contributed by atoms with E-state index >= 15 is 0 Å². The van der Waals surface area contributed by atoms with Crippen LogP contribution in [0.2, 0.25) is 0 Å². The Morgan fingerprint density at radius 1 is 1.07 bits per heavy atom. The van der Waals surface area contributed by atoms with Crippen molar-refractivity contribution < 1.29 is 23.5 Å². The lowest BCUT2D eigenvalue weighted by molar-refractivity contribution is -0.119. The average Bonchev–Trinajstić information content (AvgIpc) is 3.33. The van der Waals surface area contributed by atoms with Gasteiger partial charge in [-0.25, -0.2) is 4.79 Å². The van der Waals surface area contributed by atoms with E-state index in [2.05, 4.69) is 15.7 Å². The zero-order valence-corrected chi connectivity index (χ0v) is 15.0. The summed E-state index contributed by atoms with van der Waals surface area (Å²) in [5.41, 5.74) is 1.12. The molecular weight excluding hydrogens is 364 g/mol. The van der Waals surface area contributed by atoms with Crippen molar-refractivity contribution in [3.05, 3.63) is 66.4 Å². The molecule has 2 N–H and O–H groups in total. The largest absolute Gasteiger partial charge is 0.452 e. The van der Waals surface area contributed by atoms with Crippen molar-refractivity contribution in [1.29, 1.82) is 0 Å². The average molecular weight is 382 g/mol. The van der Waals surface area contributed by atoms with Crippen LogP contribution in [0.3, 0.4) is 0 Å². The summed E-state index contributed by atoms with van der Waals surface area (Å²) in [6.45, 7) is 1.33. The number of esters is 1. The second-order valence-electron chi connectivity index (χ2n) is 5.85. The number of hydrogen-bond acceptors (Lipinski definition) is 6. The Bertz CT molecular complexity index is 961. The van der Waals surface area contributed by atoms with E-state index in [0.717, 1.165) is 0 Å². The monoisotopic (exact) mass is 382 g/mol. The van der Waals surface area contributed by atoms with E-state index in [0.29, 0.717) is 23.7 Å². The molecule has 0 aliphatic carbocycles. The summed E-state index contributed by atoms with van der Waals surface area (Å²) >= 11 is 0. The number of ether oxygens (including phenoxy) is 1. The second-order valence-corrected chi connectivity index (χ2v) is 5.85. The number of nitrogens with one attached hydrogen (secondary N) is 2. The summed E-state index contributed by atoms with van der Waals surface area (Å²) in [6.07, 6.45) is 3.41. The topological polar surface area (TPSA) is 115 Å². The molecule has 0 atom stereocenters. The first-order chi connectivity index (χ1) is 13.5. The molecule has 2 amide bonds. The molecule has 0 saturated carbocycles. The van der Waals surface area contributed by atoms with Crippen LogP contribution < -0.4 is 10.6 Å². The Balaban J connectivity index is 1.47. The first-order valence-electron chi connectivity index (χ1n) is 8.40. The summed E-state index contributed by atoms with van der Waals surface area (Å²) in [5, 5.41) is 9.27. The summed E-state index contributed by atoms with van der Waals surface area (Å²) < 4.78 is 12.0. The van der Waals surface area contributed by atoms with E-state index in [-0.39, 0.29) is 11.7 Å². The molecule has 0 fully saturated rings. The van der Waals surface area contributed by atoms with E-state index in [1.165, 1.54) is 13.0 Å². The number of amides is 2. The number of furan rings is 1. The van der Waals surface area contributed by atoms with Crippen molar-refractivity contribution in [2.45, 2.75) is 13.5 Å². The van der Waals surface area contributed by atoms with Gasteiger partial charge in [0.2, 0.25) is 11.7 Å². The van der Waals surface area contributed by atoms with Gasteiger partial charge in [0.25, 0.3) is 5.91 Å². The summed E-state index contributed by atoms with van der Waals surface area (Å²) in [7, 11) is 0. The summed E-state index contributed by atoms with van der Waals surface area (Å²) in [4.78, 5) is 34.9. The Morgan fingerprint density at radius 2 is 1.79 bits per heavy atom. The number of nitrogens with zero attached hydrogens (tertiary/aromatic N) is 2. The van der Waals surface area contributed by atoms with Crippen LogP contribution in [0, 0.1) is 0 Å². The second kappa shape index (κ2) is 8.67. The van der Waals surface area contributed by atoms with Gasteiger partial charge in [0.15, 0.2) is 6.61 Å². The van der Waals surface area contributed by atoms with Crippen molar-refractivity contribution in [2.24, 2.45) is 0 Å². The van der Waals surface area contributed by atoms with Gasteiger partial charge in [0, 0.05) is 30.7 Å². The Hall–Kier alpha value is -3.88. The maximum Gasteiger partial charge on any atom is 0.374 e. The van der Waals surface area contributed by atoms with Crippen LogP contribution in [-0.2, 0) is 20.9 Å². The van der Waals surface area contributed by atoms with Crippen molar-refractivity contribution in [1.82, 2.24) is 9.78 Å². The highest BCUT2D eigenvalue weighted by Crippen LogP contribution is 2.14. The minimum atomic E-state index is -0.733. The lowest BCUT2D eigenvalue weighted by atomic mass is 10.2. The molecule has 3 aromatic rings. The lowest BCUT2D eigenvalue weighted by Crippen LogP contribution is -2.20. The standard InChI is InChI=1S/C19H18N4O5/c1-13(24)21-14-3-5-15(6-4-14)22-18(25)12-27-19(26)17-8-7-16(28-17)11-23-10-2-9-20-23/h2-10H,11-12H2,1H3,(H,21,24)(H,22,25). The zero-order valence-electron chi connectivity index (χ0n) is 15.0. The number of hydrogen-bond donors (Lipinski definition) is 2. The quantitative estimate of drug-likeness (QED) is 0.606. The third-order valence-electron chi connectivity index (χ3n) is 3.56. The molecule has 1 aromatic carbocycles. The fourth-order valence-electron chi connectivity index (χ4n) is 2.37. The lowest BCUT2D eigenvalue weighted by Gasteiger charge is -2.07. The number of anilines is 2. The van der Waals surface area contributed by atoms with Crippen molar-refractivity contribution in [3.8, 4) is 0 Å². The van der Waals surface area contributed by atoms with Crippen molar-refractivity contribution in [2.75, 3.05) is 17.2 Å². The van der Waals surface area contributed by atoms with Crippen LogP contribution in [-0.4, -0.2) is 34.2 Å². The van der Waals surface area contributed by atoms with E-state index < -0.39 is 18.5 Å². The molecule has 0 aliphatic rings. The highest BCUT2D eigenvalue weighted by atomic mass is 16.5. The maximum absolute atomic E-state index is 12.0. The number of rotatable bonds is 7. The molecule has 2 heterocycles. The first-order valence-corrected chi connectivity index (χ1v) is 8.40. The number of benzene rings is 1. The highest BCUT2D eigenvalue weighted by Gasteiger charge is 2.15. The number of carbonyl (C=O) groups is 3. The molecule has 0 unspecified atom stereocenters. The Labute approximate surface area is 160 Å². The van der Waals surface area contributed by atoms with Gasteiger partial charge < -0.3 is 19.8 Å². The molecule has 9 nitrogen and oxygen atoms in total. The maximum atomic E-state index is 12.0. The van der Waals surface area contributed by atoms with E-state index in [9.17, 15) is 14.4 Å². The molecule has 0 bridgehead atoms. The van der Waals surface area contributed by atoms with Gasteiger partial charge in [-0.1, -0.05) is 0 Å². The van der Waals surface area contributed by atoms with E-state index in [4.69, 9.17) is 9.15 Å². The highest BCUT2D eigenvalue weighted by molar-refractivity contribution is 5.95. The van der Waals surface area contributed by atoms with E-state index in [1.807, 2.05) is 0 Å². The predicted molar refractivity (Wildman–Crippen MR) is 99.7 cm³/mol. The minimum Gasteiger partial charge on any atom is -0.452 e. The Morgan fingerprint density at radius 3 is 2.43 bits per heavy atom. The molecule has 0 radical (unpaired) electrons. The molecule has 3 rings (SSSR count). The SMILES string of the molecule is CC(=O)Nc1ccc(NC(=O)COC(=O)c2ccc(Cn3cccn3)o2)cc1. The molecule has 0 saturated heterocycles. The normalized spacial score (nSPS) is 10.3. The molecule has 2 aromatic heterocycles. The number of aromatic nitrogens is 2. The molecule has 9 heteroatoms. The first kappa shape index (κ1) is 18.9. The van der Waals surface area contributed by atoms with Crippen molar-refractivity contribution in [3.63, 3.8) is 0 Å². The van der Waals surface area contributed by atoms with Gasteiger partial charge in [-0.3, -0.25) is 14.3 Å². The molecule has 0 aliphatic heterocycles. The van der Waals surface area contributed by atoms with Gasteiger partial charge in [-0.2, -0.15) is 5.10 Å². The van der Waals surface area contributed by atoms with E-state index in [1.54, 1.807) is 53.5 Å². The summed E-state index contributed by atoms with van der Waals surface area (Å²) in [6, 6.07) is 11.5. The van der Waals surface area contributed by atoms with Crippen LogP contribution in [0.1, 0.15) is 23.2 Å². The zero-order chi connectivity index (χ0) is 19.9. The smallest absolute Gasteiger partial charge is 0.374 e. The van der Waals surface area contributed by atoms with Gasteiger partial charge in [-0.05, 0) is 42.5 Å². The molecule has 0 spiro atoms. The molecular formula is C19H18N4O5. The summed E-state index contributed by atoms with van der Waals surface area (Å²) in [5.74, 6) is -0.866. The van der Waals surface area contributed by atoms with Crippen molar-refractivity contribution >= 4 is 29.2 Å². The minimum absolute atomic E-state index is 0.00890. The molecule has 28 heavy (non-hydrogen) atoms. The fourth-order valence-corrected chi connectivity index (χ4v) is 2.37. The fraction of sp³-hybridized carbons (Fsp3) is 0.158. The van der Waals surface area contributed by atoms with Gasteiger partial charge in [0.05, 0.1) is 6.54 Å². The predicted octanol–water partition coefficient (Wildman–Crippen LogP) is 2.28. The third-order valence-corrected chi connectivity index (χ3v) is 3.56. The molecule has 144 valence electrons. The third kappa shape index (κ3) is 5.31. The van der Waals surface area contributed by atoms with Gasteiger partial charge in [0.1, 0.15) is 5.76 Å².